The van der Waals surface area contributed by atoms with Gasteiger partial charge in [-0.1, -0.05) is 0 Å². The number of hydrogen-bond donors (Lipinski definition) is 5. The molecular formula is C16H32Cl2N6O. The molecule has 25 heavy (non-hydrogen) atoms. The molecule has 1 aliphatic carbocycles. The predicted octanol–water partition coefficient (Wildman–Crippen LogP) is 0.785. The Morgan fingerprint density at radius 2 is 1.88 bits per heavy atom. The SMILES string of the molecule is CC1CC(NCCN(C)C)NC(NC(=O)NC2CCC(Cl)C(Cl)C2)N1. The lowest BCUT2D eigenvalue weighted by Gasteiger charge is -2.37. The minimum Gasteiger partial charge on any atom is -0.335 e. The third-order valence-corrected chi connectivity index (χ3v) is 5.80. The van der Waals surface area contributed by atoms with Crippen molar-refractivity contribution in [3.8, 4) is 0 Å². The monoisotopic (exact) mass is 394 g/mol. The minimum absolute atomic E-state index is 0.000645. The highest BCUT2D eigenvalue weighted by atomic mass is 35.5. The summed E-state index contributed by atoms with van der Waals surface area (Å²) in [6, 6.07) is 0.197. The first-order valence-electron chi connectivity index (χ1n) is 9.09. The van der Waals surface area contributed by atoms with Crippen molar-refractivity contribution in [3.63, 3.8) is 0 Å². The standard InChI is InChI=1S/C16H32Cl2N6O/c1-10-8-14(19-6-7-24(2)3)22-15(20-10)23-16(25)21-11-4-5-12(17)13(18)9-11/h10-15,19-20,22H,4-9H2,1-3H3,(H2,21,23,25). The van der Waals surface area contributed by atoms with Crippen LogP contribution < -0.4 is 26.6 Å². The zero-order chi connectivity index (χ0) is 18.4. The number of nitrogens with zero attached hydrogens (tertiary/aromatic N) is 1. The van der Waals surface area contributed by atoms with Gasteiger partial charge in [-0.2, -0.15) is 0 Å². The molecular weight excluding hydrogens is 363 g/mol. The highest BCUT2D eigenvalue weighted by molar-refractivity contribution is 6.30. The Morgan fingerprint density at radius 3 is 2.56 bits per heavy atom. The maximum absolute atomic E-state index is 12.3. The summed E-state index contributed by atoms with van der Waals surface area (Å²) in [7, 11) is 4.11. The quantitative estimate of drug-likeness (QED) is 0.430. The number of amides is 2. The van der Waals surface area contributed by atoms with Crippen molar-refractivity contribution in [2.45, 2.75) is 67.9 Å². The molecule has 0 radical (unpaired) electrons. The molecule has 0 aromatic heterocycles. The topological polar surface area (TPSA) is 80.5 Å². The molecule has 146 valence electrons. The lowest BCUT2D eigenvalue weighted by Crippen LogP contribution is -2.68. The van der Waals surface area contributed by atoms with Gasteiger partial charge >= 0.3 is 6.03 Å². The smallest absolute Gasteiger partial charge is 0.317 e. The molecule has 2 amide bonds. The number of likely N-dealkylation sites (N-methyl/N-ethyl adjacent to an activating group) is 1. The summed E-state index contributed by atoms with van der Waals surface area (Å²) in [5, 5.41) is 16.1. The number of alkyl halides is 2. The van der Waals surface area contributed by atoms with Crippen LogP contribution in [0.3, 0.4) is 0 Å². The number of urea groups is 1. The number of carbonyl (C=O) groups is 1. The predicted molar refractivity (Wildman–Crippen MR) is 103 cm³/mol. The second-order valence-electron chi connectivity index (χ2n) is 7.37. The van der Waals surface area contributed by atoms with Crippen LogP contribution >= 0.6 is 23.2 Å². The van der Waals surface area contributed by atoms with Gasteiger partial charge in [0.05, 0.1) is 16.9 Å². The van der Waals surface area contributed by atoms with Gasteiger partial charge in [0.25, 0.3) is 0 Å². The molecule has 1 saturated carbocycles. The molecule has 2 aliphatic rings. The van der Waals surface area contributed by atoms with E-state index in [1.165, 1.54) is 0 Å². The molecule has 2 rings (SSSR count). The van der Waals surface area contributed by atoms with Crippen LogP contribution in [0.25, 0.3) is 0 Å². The summed E-state index contributed by atoms with van der Waals surface area (Å²) >= 11 is 12.3. The van der Waals surface area contributed by atoms with Crippen LogP contribution in [-0.2, 0) is 0 Å². The van der Waals surface area contributed by atoms with E-state index in [1.54, 1.807) is 0 Å². The number of carbonyl (C=O) groups excluding carboxylic acids is 1. The molecule has 1 saturated heterocycles. The van der Waals surface area contributed by atoms with Crippen LogP contribution in [0, 0.1) is 0 Å². The number of nitrogens with one attached hydrogen (secondary N) is 5. The highest BCUT2D eigenvalue weighted by Gasteiger charge is 2.30. The molecule has 0 aromatic rings. The third-order valence-electron chi connectivity index (χ3n) is 4.66. The second kappa shape index (κ2) is 10.1. The Hall–Kier alpha value is -0.310. The van der Waals surface area contributed by atoms with Crippen LogP contribution in [0.15, 0.2) is 0 Å². The van der Waals surface area contributed by atoms with E-state index in [1.807, 2.05) is 0 Å². The lowest BCUT2D eigenvalue weighted by atomic mass is 9.95. The van der Waals surface area contributed by atoms with E-state index in [0.717, 1.165) is 32.4 Å². The first-order chi connectivity index (χ1) is 11.8. The highest BCUT2D eigenvalue weighted by Crippen LogP contribution is 2.27. The number of hydrogen-bond acceptors (Lipinski definition) is 5. The van der Waals surface area contributed by atoms with Crippen LogP contribution in [0.4, 0.5) is 4.79 Å². The van der Waals surface area contributed by atoms with Crippen LogP contribution in [-0.4, -0.2) is 73.4 Å². The normalized spacial score (nSPS) is 36.2. The van der Waals surface area contributed by atoms with Gasteiger partial charge in [0, 0.05) is 25.2 Å². The van der Waals surface area contributed by atoms with Gasteiger partial charge in [-0.05, 0) is 46.7 Å². The Labute approximate surface area is 160 Å². The van der Waals surface area contributed by atoms with Crippen LogP contribution in [0.2, 0.25) is 0 Å². The van der Waals surface area contributed by atoms with Crippen LogP contribution in [0.5, 0.6) is 0 Å². The summed E-state index contributed by atoms with van der Waals surface area (Å²) in [4.78, 5) is 14.4. The summed E-state index contributed by atoms with van der Waals surface area (Å²) in [5.41, 5.74) is 0. The molecule has 1 heterocycles. The molecule has 7 nitrogen and oxygen atoms in total. The molecule has 6 atom stereocenters. The van der Waals surface area contributed by atoms with E-state index >= 15 is 0 Å². The second-order valence-corrected chi connectivity index (χ2v) is 8.49. The Bertz CT molecular complexity index is 427. The first kappa shape index (κ1) is 21.0. The van der Waals surface area contributed by atoms with Crippen molar-refractivity contribution >= 4 is 29.2 Å². The number of rotatable bonds is 6. The Kier molecular flexibility index (Phi) is 8.51. The van der Waals surface area contributed by atoms with E-state index in [2.05, 4.69) is 52.5 Å². The van der Waals surface area contributed by atoms with Crippen molar-refractivity contribution in [1.29, 1.82) is 0 Å². The molecule has 1 aliphatic heterocycles. The van der Waals surface area contributed by atoms with Gasteiger partial charge in [-0.3, -0.25) is 10.6 Å². The molecule has 6 unspecified atom stereocenters. The fraction of sp³-hybridized carbons (Fsp3) is 0.938. The Balaban J connectivity index is 1.73. The molecule has 9 heteroatoms. The van der Waals surface area contributed by atoms with Gasteiger partial charge < -0.3 is 20.9 Å². The maximum Gasteiger partial charge on any atom is 0.317 e. The van der Waals surface area contributed by atoms with Gasteiger partial charge in [0.1, 0.15) is 6.29 Å². The average molecular weight is 395 g/mol. The Morgan fingerprint density at radius 1 is 1.12 bits per heavy atom. The largest absolute Gasteiger partial charge is 0.335 e. The number of halogens is 2. The van der Waals surface area contributed by atoms with E-state index in [4.69, 9.17) is 23.2 Å². The van der Waals surface area contributed by atoms with Gasteiger partial charge in [0.15, 0.2) is 0 Å². The fourth-order valence-electron chi connectivity index (χ4n) is 3.28. The molecule has 2 fully saturated rings. The van der Waals surface area contributed by atoms with Crippen molar-refractivity contribution in [1.82, 2.24) is 31.5 Å². The summed E-state index contributed by atoms with van der Waals surface area (Å²) in [6.07, 6.45) is 3.26. The van der Waals surface area contributed by atoms with Crippen LogP contribution in [0.1, 0.15) is 32.6 Å². The lowest BCUT2D eigenvalue weighted by molar-refractivity contribution is 0.183. The maximum atomic E-state index is 12.3. The van der Waals surface area contributed by atoms with E-state index in [-0.39, 0.29) is 35.3 Å². The summed E-state index contributed by atoms with van der Waals surface area (Å²) in [6.45, 7) is 3.99. The van der Waals surface area contributed by atoms with Crippen molar-refractivity contribution in [3.05, 3.63) is 0 Å². The van der Waals surface area contributed by atoms with Gasteiger partial charge in [-0.15, -0.1) is 23.2 Å². The molecule has 0 bridgehead atoms. The van der Waals surface area contributed by atoms with Crippen molar-refractivity contribution < 1.29 is 4.79 Å². The molecule has 5 N–H and O–H groups in total. The average Bonchev–Trinajstić information content (AvgIpc) is 2.50. The third kappa shape index (κ3) is 7.45. The zero-order valence-electron chi connectivity index (χ0n) is 15.3. The van der Waals surface area contributed by atoms with E-state index in [0.29, 0.717) is 12.5 Å². The van der Waals surface area contributed by atoms with Crippen molar-refractivity contribution in [2.75, 3.05) is 27.2 Å². The molecule has 0 aromatic carbocycles. The van der Waals surface area contributed by atoms with Gasteiger partial charge in [-0.25, -0.2) is 4.79 Å². The van der Waals surface area contributed by atoms with Crippen molar-refractivity contribution in [2.24, 2.45) is 0 Å². The summed E-state index contributed by atoms with van der Waals surface area (Å²) < 4.78 is 0. The minimum atomic E-state index is -0.267. The van der Waals surface area contributed by atoms with E-state index < -0.39 is 0 Å². The van der Waals surface area contributed by atoms with Gasteiger partial charge in [0.2, 0.25) is 0 Å². The summed E-state index contributed by atoms with van der Waals surface area (Å²) in [5.74, 6) is 0. The zero-order valence-corrected chi connectivity index (χ0v) is 16.8. The fourth-order valence-corrected chi connectivity index (χ4v) is 3.85. The first-order valence-corrected chi connectivity index (χ1v) is 9.96. The van der Waals surface area contributed by atoms with E-state index in [9.17, 15) is 4.79 Å². The molecule has 0 spiro atoms.